The van der Waals surface area contributed by atoms with Crippen LogP contribution in [-0.2, 0) is 20.2 Å². The molecule has 1 rings (SSSR count). The predicted octanol–water partition coefficient (Wildman–Crippen LogP) is 1.41. The van der Waals surface area contributed by atoms with Gasteiger partial charge in [-0.3, -0.25) is 9.11 Å². The molecule has 0 bridgehead atoms. The zero-order valence-electron chi connectivity index (χ0n) is 10.3. The van der Waals surface area contributed by atoms with Crippen molar-refractivity contribution in [2.75, 3.05) is 0 Å². The smallest absolute Gasteiger partial charge is 0.282 e. The van der Waals surface area contributed by atoms with Crippen molar-refractivity contribution in [3.05, 3.63) is 22.3 Å². The molecule has 0 fully saturated rings. The van der Waals surface area contributed by atoms with Crippen LogP contribution in [0.2, 0.25) is 0 Å². The Morgan fingerprint density at radius 2 is 0.778 bits per heavy atom. The van der Waals surface area contributed by atoms with Gasteiger partial charge >= 0.3 is 0 Å². The SMILES string of the molecule is Cc1c(C)c(S(=O)(=O)O)c(C)c(C)c1S(=O)(=O)O. The predicted molar refractivity (Wildman–Crippen MR) is 65.0 cm³/mol. The van der Waals surface area contributed by atoms with E-state index in [-0.39, 0.29) is 32.0 Å². The number of rotatable bonds is 2. The molecule has 1 aromatic rings. The van der Waals surface area contributed by atoms with Crippen molar-refractivity contribution in [1.82, 2.24) is 0 Å². The minimum atomic E-state index is -4.45. The van der Waals surface area contributed by atoms with Gasteiger partial charge in [0.25, 0.3) is 20.2 Å². The van der Waals surface area contributed by atoms with Gasteiger partial charge in [-0.2, -0.15) is 16.8 Å². The summed E-state index contributed by atoms with van der Waals surface area (Å²) in [7, 11) is -8.90. The lowest BCUT2D eigenvalue weighted by Crippen LogP contribution is -2.13. The lowest BCUT2D eigenvalue weighted by Gasteiger charge is -2.16. The van der Waals surface area contributed by atoms with Gasteiger partial charge in [0.2, 0.25) is 0 Å². The van der Waals surface area contributed by atoms with Crippen LogP contribution in [0, 0.1) is 27.7 Å². The third kappa shape index (κ3) is 2.41. The van der Waals surface area contributed by atoms with Crippen LogP contribution in [0.5, 0.6) is 0 Å². The van der Waals surface area contributed by atoms with E-state index in [1.54, 1.807) is 0 Å². The Kier molecular flexibility index (Phi) is 3.61. The molecular weight excluding hydrogens is 280 g/mol. The Balaban J connectivity index is 4.03. The van der Waals surface area contributed by atoms with Gasteiger partial charge in [0.05, 0.1) is 0 Å². The molecule has 0 aliphatic rings. The quantitative estimate of drug-likeness (QED) is 0.798. The topological polar surface area (TPSA) is 109 Å². The molecule has 0 saturated carbocycles. The Morgan fingerprint density at radius 1 is 0.611 bits per heavy atom. The summed E-state index contributed by atoms with van der Waals surface area (Å²) in [6.07, 6.45) is 0. The minimum absolute atomic E-state index is 0.105. The first kappa shape index (κ1) is 15.1. The van der Waals surface area contributed by atoms with Crippen molar-refractivity contribution in [2.24, 2.45) is 0 Å². The summed E-state index contributed by atoms with van der Waals surface area (Å²) in [5, 5.41) is 0. The second kappa shape index (κ2) is 4.30. The first-order valence-corrected chi connectivity index (χ1v) is 7.82. The zero-order chi connectivity index (χ0) is 14.5. The molecule has 18 heavy (non-hydrogen) atoms. The molecule has 0 saturated heterocycles. The molecule has 0 spiro atoms. The Hall–Kier alpha value is -0.960. The average molecular weight is 294 g/mol. The summed E-state index contributed by atoms with van der Waals surface area (Å²) in [5.41, 5.74) is 0.419. The fourth-order valence-corrected chi connectivity index (χ4v) is 4.18. The van der Waals surface area contributed by atoms with Crippen LogP contribution < -0.4 is 0 Å². The third-order valence-corrected chi connectivity index (χ3v) is 5.26. The number of benzene rings is 1. The van der Waals surface area contributed by atoms with Crippen LogP contribution in [0.25, 0.3) is 0 Å². The summed E-state index contributed by atoms with van der Waals surface area (Å²) in [6.45, 7) is 5.50. The first-order chi connectivity index (χ1) is 7.89. The van der Waals surface area contributed by atoms with E-state index in [4.69, 9.17) is 9.11 Å². The van der Waals surface area contributed by atoms with Crippen molar-refractivity contribution >= 4 is 20.2 Å². The van der Waals surface area contributed by atoms with Crippen LogP contribution in [0.1, 0.15) is 22.3 Å². The van der Waals surface area contributed by atoms with Crippen LogP contribution in [0.4, 0.5) is 0 Å². The highest BCUT2D eigenvalue weighted by atomic mass is 32.2. The third-order valence-electron chi connectivity index (χ3n) is 3.00. The fourth-order valence-electron chi connectivity index (χ4n) is 2.02. The van der Waals surface area contributed by atoms with E-state index >= 15 is 0 Å². The van der Waals surface area contributed by atoms with Gasteiger partial charge in [-0.05, 0) is 49.9 Å². The molecule has 102 valence electrons. The summed E-state index contributed by atoms with van der Waals surface area (Å²) < 4.78 is 63.4. The first-order valence-electron chi connectivity index (χ1n) is 4.94. The molecule has 0 atom stereocenters. The Labute approximate surface area is 106 Å². The van der Waals surface area contributed by atoms with E-state index in [2.05, 4.69) is 0 Å². The van der Waals surface area contributed by atoms with Crippen molar-refractivity contribution in [3.8, 4) is 0 Å². The van der Waals surface area contributed by atoms with Crippen molar-refractivity contribution in [3.63, 3.8) is 0 Å². The number of hydrogen-bond donors (Lipinski definition) is 2. The minimum Gasteiger partial charge on any atom is -0.282 e. The van der Waals surface area contributed by atoms with Gasteiger partial charge in [0.1, 0.15) is 9.79 Å². The molecule has 2 N–H and O–H groups in total. The number of hydrogen-bond acceptors (Lipinski definition) is 4. The van der Waals surface area contributed by atoms with E-state index < -0.39 is 20.2 Å². The molecule has 0 aliphatic carbocycles. The fraction of sp³-hybridized carbons (Fsp3) is 0.400. The molecule has 8 heteroatoms. The summed E-state index contributed by atoms with van der Waals surface area (Å²) >= 11 is 0. The van der Waals surface area contributed by atoms with Crippen molar-refractivity contribution in [2.45, 2.75) is 37.5 Å². The van der Waals surface area contributed by atoms with Gasteiger partial charge in [-0.1, -0.05) is 0 Å². The molecule has 0 amide bonds. The molecule has 0 heterocycles. The van der Waals surface area contributed by atoms with Gasteiger partial charge in [-0.25, -0.2) is 0 Å². The Bertz CT molecular complexity index is 621. The molecule has 6 nitrogen and oxygen atoms in total. The maximum Gasteiger partial charge on any atom is 0.295 e. The molecule has 1 aromatic carbocycles. The molecule has 0 radical (unpaired) electrons. The van der Waals surface area contributed by atoms with Gasteiger partial charge in [0.15, 0.2) is 0 Å². The zero-order valence-corrected chi connectivity index (χ0v) is 12.0. The van der Waals surface area contributed by atoms with E-state index in [0.717, 1.165) is 0 Å². The highest BCUT2D eigenvalue weighted by Crippen LogP contribution is 2.32. The molecular formula is C10H14O6S2. The highest BCUT2D eigenvalue weighted by Gasteiger charge is 2.27. The highest BCUT2D eigenvalue weighted by molar-refractivity contribution is 7.86. The maximum atomic E-state index is 11.3. The molecule has 0 aliphatic heterocycles. The monoisotopic (exact) mass is 294 g/mol. The van der Waals surface area contributed by atoms with Gasteiger partial charge in [-0.15, -0.1) is 0 Å². The van der Waals surface area contributed by atoms with Crippen LogP contribution in [0.3, 0.4) is 0 Å². The van der Waals surface area contributed by atoms with Gasteiger partial charge in [0, 0.05) is 0 Å². The Morgan fingerprint density at radius 3 is 0.889 bits per heavy atom. The van der Waals surface area contributed by atoms with Crippen LogP contribution >= 0.6 is 0 Å². The van der Waals surface area contributed by atoms with E-state index in [0.29, 0.717) is 0 Å². The summed E-state index contributed by atoms with van der Waals surface area (Å²) in [5.74, 6) is 0. The average Bonchev–Trinajstić information content (AvgIpc) is 2.10. The standard InChI is InChI=1S/C10H14O6S2/c1-5-6(2)10(18(14,15)16)8(4)7(3)9(5)17(11,12)13/h1-4H3,(H,11,12,13)(H,14,15,16). The summed E-state index contributed by atoms with van der Waals surface area (Å²) in [6, 6.07) is 0. The molecule has 0 aromatic heterocycles. The van der Waals surface area contributed by atoms with E-state index in [9.17, 15) is 16.8 Å². The van der Waals surface area contributed by atoms with Crippen molar-refractivity contribution in [1.29, 1.82) is 0 Å². The van der Waals surface area contributed by atoms with E-state index in [1.807, 2.05) is 0 Å². The lowest BCUT2D eigenvalue weighted by molar-refractivity contribution is 0.475. The second-order valence-corrected chi connectivity index (χ2v) is 6.83. The van der Waals surface area contributed by atoms with Crippen molar-refractivity contribution < 1.29 is 25.9 Å². The summed E-state index contributed by atoms with van der Waals surface area (Å²) in [4.78, 5) is -0.630. The van der Waals surface area contributed by atoms with Crippen LogP contribution in [0.15, 0.2) is 9.79 Å². The van der Waals surface area contributed by atoms with Gasteiger partial charge < -0.3 is 0 Å². The maximum absolute atomic E-state index is 11.3. The molecule has 0 unspecified atom stereocenters. The normalized spacial score (nSPS) is 12.8. The second-order valence-electron chi connectivity index (χ2n) is 4.11. The van der Waals surface area contributed by atoms with E-state index in [1.165, 1.54) is 27.7 Å². The van der Waals surface area contributed by atoms with Crippen LogP contribution in [-0.4, -0.2) is 25.9 Å². The lowest BCUT2D eigenvalue weighted by atomic mass is 10.0. The largest absolute Gasteiger partial charge is 0.295 e.